The van der Waals surface area contributed by atoms with Crippen LogP contribution in [-0.2, 0) is 16.0 Å². The Bertz CT molecular complexity index is 452. The van der Waals surface area contributed by atoms with Crippen LogP contribution >= 0.6 is 0 Å². The number of carboxylic acid groups (broad SMARTS) is 1. The maximum Gasteiger partial charge on any atom is 0.372 e. The number of carboxylic acids is 1. The van der Waals surface area contributed by atoms with Gasteiger partial charge in [0.25, 0.3) is 0 Å². The second-order valence-electron chi connectivity index (χ2n) is 3.74. The minimum atomic E-state index is -1.42. The molecular weight excluding hydrogens is 224 g/mol. The highest BCUT2D eigenvalue weighted by atomic mass is 16.5. The summed E-state index contributed by atoms with van der Waals surface area (Å²) in [6.07, 6.45) is 0.671. The Kier molecular flexibility index (Phi) is 3.27. The summed E-state index contributed by atoms with van der Waals surface area (Å²) in [7, 11) is 0. The molecule has 1 aliphatic heterocycles. The van der Waals surface area contributed by atoms with E-state index >= 15 is 0 Å². The van der Waals surface area contributed by atoms with Gasteiger partial charge in [-0.05, 0) is 17.7 Å². The second kappa shape index (κ2) is 4.86. The first-order valence-electron chi connectivity index (χ1n) is 5.31. The van der Waals surface area contributed by atoms with Gasteiger partial charge in [0.2, 0.25) is 5.78 Å². The largest absolute Gasteiger partial charge is 0.490 e. The number of carbonyl (C=O) groups is 2. The molecule has 0 amide bonds. The minimum Gasteiger partial charge on any atom is -0.490 e. The molecule has 1 aromatic carbocycles. The summed E-state index contributed by atoms with van der Waals surface area (Å²) in [5.41, 5.74) is 0.613. The quantitative estimate of drug-likeness (QED) is 0.794. The van der Waals surface area contributed by atoms with Crippen molar-refractivity contribution >= 4 is 11.8 Å². The van der Waals surface area contributed by atoms with Gasteiger partial charge in [0.1, 0.15) is 0 Å². The Morgan fingerprint density at radius 3 is 2.59 bits per heavy atom. The van der Waals surface area contributed by atoms with Crippen LogP contribution in [0.2, 0.25) is 0 Å². The van der Waals surface area contributed by atoms with Crippen LogP contribution in [0.3, 0.4) is 0 Å². The van der Waals surface area contributed by atoms with Gasteiger partial charge in [0.05, 0.1) is 13.2 Å². The molecule has 1 aliphatic rings. The zero-order valence-electron chi connectivity index (χ0n) is 9.14. The Balaban J connectivity index is 2.18. The smallest absolute Gasteiger partial charge is 0.372 e. The lowest BCUT2D eigenvalue weighted by atomic mass is 10.1. The SMILES string of the molecule is O=C(O)C(=O)Cc1ccc2c(c1)OCCCO2. The summed E-state index contributed by atoms with van der Waals surface area (Å²) in [5, 5.41) is 8.52. The molecule has 0 aliphatic carbocycles. The maximum absolute atomic E-state index is 11.1. The number of ether oxygens (including phenoxy) is 2. The molecule has 0 aromatic heterocycles. The maximum atomic E-state index is 11.1. The fourth-order valence-electron chi connectivity index (χ4n) is 1.58. The summed E-state index contributed by atoms with van der Waals surface area (Å²) in [5.74, 6) is -1.05. The van der Waals surface area contributed by atoms with Gasteiger partial charge >= 0.3 is 5.97 Å². The number of rotatable bonds is 3. The Labute approximate surface area is 98.0 Å². The van der Waals surface area contributed by atoms with Crippen molar-refractivity contribution in [2.75, 3.05) is 13.2 Å². The molecule has 1 N–H and O–H groups in total. The first-order valence-corrected chi connectivity index (χ1v) is 5.31. The normalized spacial score (nSPS) is 13.9. The molecule has 1 aromatic rings. The molecule has 5 heteroatoms. The van der Waals surface area contributed by atoms with Gasteiger partial charge in [-0.25, -0.2) is 4.79 Å². The summed E-state index contributed by atoms with van der Waals surface area (Å²) in [6.45, 7) is 1.16. The monoisotopic (exact) mass is 236 g/mol. The Morgan fingerprint density at radius 2 is 1.88 bits per heavy atom. The van der Waals surface area contributed by atoms with Crippen LogP contribution in [0.15, 0.2) is 18.2 Å². The third-order valence-corrected chi connectivity index (χ3v) is 2.42. The van der Waals surface area contributed by atoms with Gasteiger partial charge in [-0.3, -0.25) is 4.79 Å². The van der Waals surface area contributed by atoms with Crippen molar-refractivity contribution < 1.29 is 24.2 Å². The number of ketones is 1. The van der Waals surface area contributed by atoms with Crippen molar-refractivity contribution in [1.82, 2.24) is 0 Å². The van der Waals surface area contributed by atoms with Crippen LogP contribution in [0.1, 0.15) is 12.0 Å². The number of hydrogen-bond donors (Lipinski definition) is 1. The molecule has 0 fully saturated rings. The van der Waals surface area contributed by atoms with Crippen molar-refractivity contribution in [2.24, 2.45) is 0 Å². The van der Waals surface area contributed by atoms with Gasteiger partial charge in [0, 0.05) is 12.8 Å². The molecule has 2 rings (SSSR count). The molecular formula is C12H12O5. The third kappa shape index (κ3) is 2.75. The molecule has 5 nitrogen and oxygen atoms in total. The van der Waals surface area contributed by atoms with Crippen molar-refractivity contribution in [2.45, 2.75) is 12.8 Å². The van der Waals surface area contributed by atoms with Gasteiger partial charge in [-0.15, -0.1) is 0 Å². The number of fused-ring (bicyclic) bond motifs is 1. The predicted molar refractivity (Wildman–Crippen MR) is 58.4 cm³/mol. The van der Waals surface area contributed by atoms with Gasteiger partial charge in [0.15, 0.2) is 11.5 Å². The predicted octanol–water partition coefficient (Wildman–Crippen LogP) is 1.04. The van der Waals surface area contributed by atoms with Gasteiger partial charge < -0.3 is 14.6 Å². The fraction of sp³-hybridized carbons (Fsp3) is 0.333. The standard InChI is InChI=1S/C12H12O5/c13-9(12(14)15)6-8-2-3-10-11(7-8)17-5-1-4-16-10/h2-3,7H,1,4-6H2,(H,14,15). The van der Waals surface area contributed by atoms with Crippen LogP contribution in [-0.4, -0.2) is 30.1 Å². The van der Waals surface area contributed by atoms with Crippen LogP contribution in [0.25, 0.3) is 0 Å². The molecule has 0 atom stereocenters. The highest BCUT2D eigenvalue weighted by Gasteiger charge is 2.15. The average Bonchev–Trinajstić information content (AvgIpc) is 2.53. The van der Waals surface area contributed by atoms with E-state index in [0.29, 0.717) is 30.3 Å². The minimum absolute atomic E-state index is 0.133. The molecule has 0 saturated carbocycles. The lowest BCUT2D eigenvalue weighted by Gasteiger charge is -2.08. The molecule has 0 unspecified atom stereocenters. The number of benzene rings is 1. The van der Waals surface area contributed by atoms with Gasteiger partial charge in [-0.2, -0.15) is 0 Å². The van der Waals surface area contributed by atoms with Crippen LogP contribution in [0.5, 0.6) is 11.5 Å². The molecule has 90 valence electrons. The zero-order chi connectivity index (χ0) is 12.3. The lowest BCUT2D eigenvalue weighted by Crippen LogP contribution is -2.15. The first-order chi connectivity index (χ1) is 8.16. The first kappa shape index (κ1) is 11.4. The van der Waals surface area contributed by atoms with Crippen molar-refractivity contribution in [1.29, 1.82) is 0 Å². The van der Waals surface area contributed by atoms with E-state index in [1.54, 1.807) is 18.2 Å². The van der Waals surface area contributed by atoms with Gasteiger partial charge in [-0.1, -0.05) is 6.07 Å². The Morgan fingerprint density at radius 1 is 1.18 bits per heavy atom. The van der Waals surface area contributed by atoms with Crippen molar-refractivity contribution in [3.8, 4) is 11.5 Å². The summed E-state index contributed by atoms with van der Waals surface area (Å²) < 4.78 is 10.9. The van der Waals surface area contributed by atoms with E-state index in [0.717, 1.165) is 6.42 Å². The second-order valence-corrected chi connectivity index (χ2v) is 3.74. The molecule has 0 spiro atoms. The van der Waals surface area contributed by atoms with E-state index < -0.39 is 11.8 Å². The van der Waals surface area contributed by atoms with Crippen LogP contribution < -0.4 is 9.47 Å². The van der Waals surface area contributed by atoms with Crippen LogP contribution in [0.4, 0.5) is 0 Å². The van der Waals surface area contributed by atoms with E-state index in [9.17, 15) is 9.59 Å². The third-order valence-electron chi connectivity index (χ3n) is 2.42. The molecule has 17 heavy (non-hydrogen) atoms. The average molecular weight is 236 g/mol. The summed E-state index contributed by atoms with van der Waals surface area (Å²) in [4.78, 5) is 21.5. The van der Waals surface area contributed by atoms with Crippen molar-refractivity contribution in [3.63, 3.8) is 0 Å². The van der Waals surface area contributed by atoms with Crippen molar-refractivity contribution in [3.05, 3.63) is 23.8 Å². The highest BCUT2D eigenvalue weighted by molar-refractivity contribution is 6.33. The van der Waals surface area contributed by atoms with E-state index in [1.807, 2.05) is 0 Å². The molecule has 0 radical (unpaired) electrons. The summed E-state index contributed by atoms with van der Waals surface area (Å²) in [6, 6.07) is 5.03. The number of aliphatic carboxylic acids is 1. The zero-order valence-corrected chi connectivity index (χ0v) is 9.14. The Hall–Kier alpha value is -2.04. The molecule has 0 bridgehead atoms. The topological polar surface area (TPSA) is 72.8 Å². The highest BCUT2D eigenvalue weighted by Crippen LogP contribution is 2.30. The van der Waals surface area contributed by atoms with E-state index in [-0.39, 0.29) is 6.42 Å². The van der Waals surface area contributed by atoms with E-state index in [2.05, 4.69) is 0 Å². The number of hydrogen-bond acceptors (Lipinski definition) is 4. The van der Waals surface area contributed by atoms with Crippen LogP contribution in [0, 0.1) is 0 Å². The van der Waals surface area contributed by atoms with E-state index in [1.165, 1.54) is 0 Å². The fourth-order valence-corrected chi connectivity index (χ4v) is 1.58. The molecule has 0 saturated heterocycles. The lowest BCUT2D eigenvalue weighted by molar-refractivity contribution is -0.148. The number of Topliss-reactive ketones (excluding diaryl/α,β-unsaturated/α-hetero) is 1. The van der Waals surface area contributed by atoms with E-state index in [4.69, 9.17) is 14.6 Å². The molecule has 1 heterocycles. The number of carbonyl (C=O) groups excluding carboxylic acids is 1. The summed E-state index contributed by atoms with van der Waals surface area (Å²) >= 11 is 0.